The molecular weight excluding hydrogens is 383 g/mol. The van der Waals surface area contributed by atoms with Gasteiger partial charge in [0.05, 0.1) is 18.9 Å². The minimum absolute atomic E-state index is 0.212. The molecule has 0 radical (unpaired) electrons. The lowest BCUT2D eigenvalue weighted by Gasteiger charge is -2.20. The van der Waals surface area contributed by atoms with Gasteiger partial charge in [0.1, 0.15) is 5.82 Å². The van der Waals surface area contributed by atoms with Crippen molar-refractivity contribution in [2.24, 2.45) is 4.99 Å². The summed E-state index contributed by atoms with van der Waals surface area (Å²) >= 11 is 0. The van der Waals surface area contributed by atoms with Gasteiger partial charge in [0, 0.05) is 12.0 Å². The molecule has 0 fully saturated rings. The molecule has 1 atom stereocenters. The molecule has 0 aliphatic carbocycles. The first-order valence-corrected chi connectivity index (χ1v) is 9.39. The molecule has 3 rings (SSSR count). The van der Waals surface area contributed by atoms with Crippen molar-refractivity contribution in [1.82, 2.24) is 5.32 Å². The van der Waals surface area contributed by atoms with E-state index in [1.165, 1.54) is 19.2 Å². The highest BCUT2D eigenvalue weighted by molar-refractivity contribution is 6.06. The van der Waals surface area contributed by atoms with Crippen molar-refractivity contribution in [3.8, 4) is 0 Å². The normalized spacial score (nSPS) is 12.1. The van der Waals surface area contributed by atoms with E-state index in [2.05, 4.69) is 10.3 Å². The summed E-state index contributed by atoms with van der Waals surface area (Å²) in [5, 5.41) is 2.97. The second-order valence-corrected chi connectivity index (χ2v) is 6.54. The molecule has 0 bridgehead atoms. The van der Waals surface area contributed by atoms with E-state index in [4.69, 9.17) is 4.74 Å². The second-order valence-electron chi connectivity index (χ2n) is 6.54. The van der Waals surface area contributed by atoms with Crippen LogP contribution < -0.4 is 5.32 Å². The van der Waals surface area contributed by atoms with Gasteiger partial charge in [-0.3, -0.25) is 4.79 Å². The van der Waals surface area contributed by atoms with Crippen LogP contribution in [-0.2, 0) is 4.74 Å². The molecule has 3 aromatic rings. The monoisotopic (exact) mass is 404 g/mol. The first kappa shape index (κ1) is 20.9. The van der Waals surface area contributed by atoms with E-state index < -0.39 is 12.1 Å². The van der Waals surface area contributed by atoms with Crippen LogP contribution >= 0.6 is 0 Å². The topological polar surface area (TPSA) is 67.8 Å². The molecule has 0 aliphatic rings. The van der Waals surface area contributed by atoms with E-state index in [-0.39, 0.29) is 18.1 Å². The molecule has 0 spiro atoms. The molecule has 0 saturated carbocycles. The van der Waals surface area contributed by atoms with E-state index in [1.807, 2.05) is 36.4 Å². The maximum Gasteiger partial charge on any atom is 0.433 e. The highest BCUT2D eigenvalue weighted by atomic mass is 19.1. The lowest BCUT2D eigenvalue weighted by Crippen LogP contribution is -2.30. The fraction of sp³-hybridized carbons (Fsp3) is 0.125. The van der Waals surface area contributed by atoms with Crippen LogP contribution in [-0.4, -0.2) is 24.8 Å². The van der Waals surface area contributed by atoms with Gasteiger partial charge in [0.15, 0.2) is 0 Å². The van der Waals surface area contributed by atoms with Crippen molar-refractivity contribution in [2.45, 2.75) is 12.5 Å². The Morgan fingerprint density at radius 2 is 1.47 bits per heavy atom. The summed E-state index contributed by atoms with van der Waals surface area (Å²) in [6, 6.07) is 23.3. The summed E-state index contributed by atoms with van der Waals surface area (Å²) in [7, 11) is 1.25. The Balaban J connectivity index is 1.95. The first-order chi connectivity index (χ1) is 14.6. The average Bonchev–Trinajstić information content (AvgIpc) is 2.79. The minimum atomic E-state index is -0.735. The predicted octanol–water partition coefficient (Wildman–Crippen LogP) is 4.94. The smallest absolute Gasteiger partial charge is 0.433 e. The molecule has 6 heteroatoms. The van der Waals surface area contributed by atoms with Crippen molar-refractivity contribution in [1.29, 1.82) is 0 Å². The number of ether oxygens (including phenoxy) is 1. The fourth-order valence-electron chi connectivity index (χ4n) is 2.99. The van der Waals surface area contributed by atoms with E-state index in [0.29, 0.717) is 16.8 Å². The molecule has 0 unspecified atom stereocenters. The summed E-state index contributed by atoms with van der Waals surface area (Å²) in [4.78, 5) is 28.7. The van der Waals surface area contributed by atoms with E-state index >= 15 is 0 Å². The summed E-state index contributed by atoms with van der Waals surface area (Å²) in [5.74, 6) is -0.659. The summed E-state index contributed by atoms with van der Waals surface area (Å²) in [6.45, 7) is 0. The summed E-state index contributed by atoms with van der Waals surface area (Å²) in [6.07, 6.45) is -0.523. The van der Waals surface area contributed by atoms with Gasteiger partial charge in [-0.25, -0.2) is 9.18 Å². The average molecular weight is 404 g/mol. The predicted molar refractivity (Wildman–Crippen MR) is 113 cm³/mol. The number of halogens is 1. The van der Waals surface area contributed by atoms with Crippen molar-refractivity contribution >= 4 is 17.7 Å². The lowest BCUT2D eigenvalue weighted by molar-refractivity contribution is 0.0938. The maximum absolute atomic E-state index is 13.5. The Kier molecular flexibility index (Phi) is 7.05. The van der Waals surface area contributed by atoms with Crippen molar-refractivity contribution in [2.75, 3.05) is 7.11 Å². The van der Waals surface area contributed by atoms with Crippen LogP contribution in [0.3, 0.4) is 0 Å². The Hall–Kier alpha value is -3.80. The van der Waals surface area contributed by atoms with Crippen LogP contribution in [0.25, 0.3) is 0 Å². The number of rotatable bonds is 6. The summed E-state index contributed by atoms with van der Waals surface area (Å²) in [5.41, 5.74) is 2.36. The molecule has 0 aromatic heterocycles. The zero-order valence-electron chi connectivity index (χ0n) is 16.4. The molecule has 0 aliphatic heterocycles. The van der Waals surface area contributed by atoms with Crippen LogP contribution in [0.5, 0.6) is 0 Å². The van der Waals surface area contributed by atoms with Gasteiger partial charge >= 0.3 is 6.09 Å². The van der Waals surface area contributed by atoms with Crippen molar-refractivity contribution < 1.29 is 18.7 Å². The number of methoxy groups -OCH3 is 1. The molecule has 1 N–H and O–H groups in total. The van der Waals surface area contributed by atoms with Gasteiger partial charge in [-0.05, 0) is 35.4 Å². The molecule has 0 heterocycles. The van der Waals surface area contributed by atoms with Crippen LogP contribution in [0.2, 0.25) is 0 Å². The maximum atomic E-state index is 13.5. The number of carbonyl (C=O) groups excluding carboxylic acids is 2. The lowest BCUT2D eigenvalue weighted by atomic mass is 9.96. The number of nitrogens with one attached hydrogen (secondary N) is 1. The number of carbonyl (C=O) groups is 2. The van der Waals surface area contributed by atoms with Gasteiger partial charge in [-0.2, -0.15) is 4.99 Å². The van der Waals surface area contributed by atoms with Crippen molar-refractivity contribution in [3.63, 3.8) is 0 Å². The second kappa shape index (κ2) is 10.1. The Morgan fingerprint density at radius 3 is 2.03 bits per heavy atom. The van der Waals surface area contributed by atoms with Gasteiger partial charge in [0.25, 0.3) is 5.91 Å². The van der Waals surface area contributed by atoms with Crippen LogP contribution in [0.1, 0.15) is 33.9 Å². The minimum Gasteiger partial charge on any atom is -0.451 e. The fourth-order valence-corrected chi connectivity index (χ4v) is 2.99. The van der Waals surface area contributed by atoms with Gasteiger partial charge in [0.2, 0.25) is 0 Å². The molecule has 152 valence electrons. The highest BCUT2D eigenvalue weighted by Gasteiger charge is 2.20. The van der Waals surface area contributed by atoms with Crippen molar-refractivity contribution in [3.05, 3.63) is 107 Å². The van der Waals surface area contributed by atoms with E-state index in [9.17, 15) is 14.0 Å². The number of benzene rings is 3. The Bertz CT molecular complexity index is 1020. The van der Waals surface area contributed by atoms with Gasteiger partial charge in [-0.15, -0.1) is 0 Å². The third-order valence-electron chi connectivity index (χ3n) is 4.52. The zero-order chi connectivity index (χ0) is 21.3. The Labute approximate surface area is 174 Å². The molecule has 5 nitrogen and oxygen atoms in total. The number of amides is 2. The summed E-state index contributed by atoms with van der Waals surface area (Å²) < 4.78 is 18.1. The quantitative estimate of drug-likeness (QED) is 0.592. The number of aliphatic imine (C=N–C) groups is 1. The van der Waals surface area contributed by atoms with Crippen LogP contribution in [0, 0.1) is 5.82 Å². The Morgan fingerprint density at radius 1 is 0.900 bits per heavy atom. The van der Waals surface area contributed by atoms with Gasteiger partial charge in [-0.1, -0.05) is 60.7 Å². The number of nitrogens with zero attached hydrogens (tertiary/aromatic N) is 1. The molecule has 3 aromatic carbocycles. The first-order valence-electron chi connectivity index (χ1n) is 9.39. The molecule has 0 saturated heterocycles. The molecular formula is C24H21FN2O3. The van der Waals surface area contributed by atoms with Gasteiger partial charge < -0.3 is 10.1 Å². The highest BCUT2D eigenvalue weighted by Crippen LogP contribution is 2.22. The number of hydrogen-bond acceptors (Lipinski definition) is 3. The zero-order valence-corrected chi connectivity index (χ0v) is 16.4. The third kappa shape index (κ3) is 5.61. The molecule has 2 amide bonds. The van der Waals surface area contributed by atoms with E-state index in [1.54, 1.807) is 36.4 Å². The van der Waals surface area contributed by atoms with E-state index in [0.717, 1.165) is 5.56 Å². The number of hydrogen-bond donors (Lipinski definition) is 1. The van der Waals surface area contributed by atoms with Crippen LogP contribution in [0.15, 0.2) is 89.9 Å². The largest absolute Gasteiger partial charge is 0.451 e. The molecule has 30 heavy (non-hydrogen) atoms. The standard InChI is InChI=1S/C24H21FN2O3/c1-30-24(29)27-22(17-8-4-2-5-9-17)16-21(18-12-14-20(25)15-13-18)26-23(28)19-10-6-3-7-11-19/h2-15,21H,16H2,1H3,(H,26,28)/b27-22-/t21-/m0/s1. The third-order valence-corrected chi connectivity index (χ3v) is 4.52. The van der Waals surface area contributed by atoms with Crippen LogP contribution in [0.4, 0.5) is 9.18 Å². The SMILES string of the molecule is COC(=O)/N=C(/C[C@H](NC(=O)c1ccccc1)c1ccc(F)cc1)c1ccccc1.